The van der Waals surface area contributed by atoms with Crippen LogP contribution in [0, 0.1) is 0 Å². The van der Waals surface area contributed by atoms with E-state index in [-0.39, 0.29) is 40.7 Å². The van der Waals surface area contributed by atoms with Crippen LogP contribution in [-0.4, -0.2) is 102 Å². The van der Waals surface area contributed by atoms with E-state index in [0.717, 1.165) is 0 Å². The van der Waals surface area contributed by atoms with Crippen molar-refractivity contribution in [1.29, 1.82) is 0 Å². The van der Waals surface area contributed by atoms with Crippen molar-refractivity contribution in [3.8, 4) is 11.5 Å². The van der Waals surface area contributed by atoms with Crippen molar-refractivity contribution in [3.05, 3.63) is 57.1 Å². The standard InChI is InChI=1S/C31H33NO14/c1-12-26(39)16(32-19(36)5-6-20(37)38)7-21(45-12)46-17-9-31(44,18(35)11-34)8-15-23(17)30(43)25-24(28(15)41)27(40)14-4-2-3-13(10-33)22(14)29(25)42/h2-4,12,16-17,21,26,33-34,39,41,43-44H,5-11H2,1H3,(H,32,36)(H,37,38)/t12?,16-,17-,21-,26-,31-/m0/s1. The minimum atomic E-state index is -2.36. The molecule has 1 amide bonds. The molecule has 3 aliphatic rings. The van der Waals surface area contributed by atoms with Gasteiger partial charge in [0.2, 0.25) is 5.91 Å². The van der Waals surface area contributed by atoms with E-state index in [1.807, 2.05) is 0 Å². The summed E-state index contributed by atoms with van der Waals surface area (Å²) in [5.41, 5.74) is -4.23. The maximum Gasteiger partial charge on any atom is 0.303 e. The van der Waals surface area contributed by atoms with Crippen LogP contribution in [0.25, 0.3) is 0 Å². The molecule has 1 fully saturated rings. The Morgan fingerprint density at radius 2 is 1.74 bits per heavy atom. The Morgan fingerprint density at radius 3 is 2.39 bits per heavy atom. The van der Waals surface area contributed by atoms with Crippen molar-refractivity contribution < 1.29 is 69.2 Å². The predicted molar refractivity (Wildman–Crippen MR) is 152 cm³/mol. The van der Waals surface area contributed by atoms with Crippen LogP contribution < -0.4 is 5.32 Å². The molecule has 5 rings (SSSR count). The van der Waals surface area contributed by atoms with Crippen molar-refractivity contribution in [2.75, 3.05) is 6.61 Å². The fourth-order valence-corrected chi connectivity index (χ4v) is 6.42. The van der Waals surface area contributed by atoms with Crippen LogP contribution in [0.15, 0.2) is 18.2 Å². The number of nitrogens with one attached hydrogen (secondary N) is 1. The molecule has 0 bridgehead atoms. The largest absolute Gasteiger partial charge is 0.507 e. The van der Waals surface area contributed by atoms with Crippen molar-refractivity contribution in [3.63, 3.8) is 0 Å². The first-order valence-corrected chi connectivity index (χ1v) is 14.5. The van der Waals surface area contributed by atoms with Gasteiger partial charge in [-0.1, -0.05) is 18.2 Å². The van der Waals surface area contributed by atoms with Gasteiger partial charge in [0.15, 0.2) is 23.6 Å². The SMILES string of the molecule is CC1O[C@@H](O[C@H]2C[C@](O)(C(=O)CO)Cc3c(O)c4c(c(O)c32)C(=O)c2c(CO)cccc2C4=O)C[C@H](NC(=O)CCC(=O)O)[C@H]1O. The van der Waals surface area contributed by atoms with Crippen LogP contribution in [0.3, 0.4) is 0 Å². The van der Waals surface area contributed by atoms with E-state index in [1.54, 1.807) is 0 Å². The Bertz CT molecular complexity index is 1640. The summed E-state index contributed by atoms with van der Waals surface area (Å²) in [4.78, 5) is 63.3. The number of carboxylic acid groups (broad SMARTS) is 1. The Balaban J connectivity index is 1.57. The summed E-state index contributed by atoms with van der Waals surface area (Å²) in [6.45, 7) is -0.232. The number of benzene rings is 2. The third-order valence-corrected chi connectivity index (χ3v) is 8.75. The molecule has 0 spiro atoms. The summed E-state index contributed by atoms with van der Waals surface area (Å²) < 4.78 is 11.9. The summed E-state index contributed by atoms with van der Waals surface area (Å²) in [5.74, 6) is -6.20. The molecule has 246 valence electrons. The first-order valence-electron chi connectivity index (χ1n) is 14.5. The third kappa shape index (κ3) is 5.65. The Morgan fingerprint density at radius 1 is 1.04 bits per heavy atom. The number of aliphatic hydroxyl groups excluding tert-OH is 3. The molecule has 2 aromatic rings. The molecule has 0 radical (unpaired) electrons. The van der Waals surface area contributed by atoms with E-state index >= 15 is 0 Å². The number of amides is 1. The number of phenolic OH excluding ortho intramolecular Hbond substituents is 2. The van der Waals surface area contributed by atoms with Crippen LogP contribution in [0.4, 0.5) is 0 Å². The smallest absolute Gasteiger partial charge is 0.303 e. The highest BCUT2D eigenvalue weighted by Crippen LogP contribution is 2.52. The van der Waals surface area contributed by atoms with Crippen molar-refractivity contribution in [2.45, 2.75) is 81.9 Å². The number of fused-ring (bicyclic) bond motifs is 3. The summed E-state index contributed by atoms with van der Waals surface area (Å²) in [7, 11) is 0. The lowest BCUT2D eigenvalue weighted by atomic mass is 9.71. The molecular weight excluding hydrogens is 610 g/mol. The number of aliphatic carboxylic acids is 1. The second-order valence-corrected chi connectivity index (χ2v) is 11.7. The van der Waals surface area contributed by atoms with Gasteiger partial charge in [-0.25, -0.2) is 0 Å². The first-order chi connectivity index (χ1) is 21.7. The zero-order chi connectivity index (χ0) is 33.7. The molecule has 1 aliphatic heterocycles. The maximum absolute atomic E-state index is 13.7. The second-order valence-electron chi connectivity index (χ2n) is 11.7. The molecule has 2 aliphatic carbocycles. The zero-order valence-electron chi connectivity index (χ0n) is 24.6. The average Bonchev–Trinajstić information content (AvgIpc) is 3.01. The number of phenols is 2. The molecule has 1 saturated heterocycles. The molecule has 46 heavy (non-hydrogen) atoms. The van der Waals surface area contributed by atoms with Gasteiger partial charge in [-0.2, -0.15) is 0 Å². The molecule has 6 atom stereocenters. The minimum absolute atomic E-state index is 0.105. The average molecular weight is 644 g/mol. The van der Waals surface area contributed by atoms with Gasteiger partial charge in [0.1, 0.15) is 29.8 Å². The molecule has 1 heterocycles. The number of hydrogen-bond acceptors (Lipinski definition) is 13. The number of aliphatic hydroxyl groups is 4. The molecule has 8 N–H and O–H groups in total. The number of Topliss-reactive ketones (excluding diaryl/α,β-unsaturated/α-hetero) is 1. The molecule has 15 heteroatoms. The molecule has 1 unspecified atom stereocenters. The number of rotatable bonds is 9. The van der Waals surface area contributed by atoms with Gasteiger partial charge in [0.25, 0.3) is 0 Å². The van der Waals surface area contributed by atoms with E-state index in [9.17, 15) is 54.6 Å². The highest BCUT2D eigenvalue weighted by atomic mass is 16.7. The minimum Gasteiger partial charge on any atom is -0.507 e. The first kappa shape index (κ1) is 33.1. The number of ether oxygens (including phenoxy) is 2. The lowest BCUT2D eigenvalue weighted by Gasteiger charge is -2.43. The predicted octanol–water partition coefficient (Wildman–Crippen LogP) is -0.493. The van der Waals surface area contributed by atoms with Crippen LogP contribution in [0.2, 0.25) is 0 Å². The highest BCUT2D eigenvalue weighted by Gasteiger charge is 2.50. The van der Waals surface area contributed by atoms with Gasteiger partial charge >= 0.3 is 5.97 Å². The summed E-state index contributed by atoms with van der Waals surface area (Å²) in [6, 6.07) is 3.18. The lowest BCUT2D eigenvalue weighted by Crippen LogP contribution is -2.55. The quantitative estimate of drug-likeness (QED) is 0.137. The second kappa shape index (κ2) is 12.5. The van der Waals surface area contributed by atoms with E-state index < -0.39 is 121 Å². The van der Waals surface area contributed by atoms with Crippen LogP contribution in [-0.2, 0) is 36.9 Å². The van der Waals surface area contributed by atoms with Gasteiger partial charge in [-0.05, 0) is 12.5 Å². The third-order valence-electron chi connectivity index (χ3n) is 8.75. The van der Waals surface area contributed by atoms with Crippen LogP contribution in [0.1, 0.15) is 87.2 Å². The van der Waals surface area contributed by atoms with Crippen LogP contribution >= 0.6 is 0 Å². The van der Waals surface area contributed by atoms with Crippen molar-refractivity contribution in [2.24, 2.45) is 0 Å². The number of carbonyl (C=O) groups is 5. The van der Waals surface area contributed by atoms with Crippen molar-refractivity contribution in [1.82, 2.24) is 5.32 Å². The number of aromatic hydroxyl groups is 2. The zero-order valence-corrected chi connectivity index (χ0v) is 24.6. The molecule has 0 saturated carbocycles. The Labute approximate surface area is 261 Å². The Hall–Kier alpha value is -4.25. The van der Waals surface area contributed by atoms with Gasteiger partial charge in [-0.3, -0.25) is 24.0 Å². The summed E-state index contributed by atoms with van der Waals surface area (Å²) in [5, 5.41) is 75.9. The number of carbonyl (C=O) groups excluding carboxylic acids is 4. The molecule has 15 nitrogen and oxygen atoms in total. The molecule has 2 aromatic carbocycles. The normalized spacial score (nSPS) is 26.9. The maximum atomic E-state index is 13.7. The van der Waals surface area contributed by atoms with E-state index in [4.69, 9.17) is 14.6 Å². The lowest BCUT2D eigenvalue weighted by molar-refractivity contribution is -0.249. The van der Waals surface area contributed by atoms with Gasteiger partial charge in [0.05, 0.1) is 42.4 Å². The summed E-state index contributed by atoms with van der Waals surface area (Å²) >= 11 is 0. The van der Waals surface area contributed by atoms with Gasteiger partial charge < -0.3 is 50.5 Å². The van der Waals surface area contributed by atoms with Crippen LogP contribution in [0.5, 0.6) is 11.5 Å². The van der Waals surface area contributed by atoms with E-state index in [0.29, 0.717) is 0 Å². The fourth-order valence-electron chi connectivity index (χ4n) is 6.42. The number of carboxylic acids is 1. The van der Waals surface area contributed by atoms with E-state index in [1.165, 1.54) is 25.1 Å². The number of hydrogen-bond donors (Lipinski definition) is 8. The fraction of sp³-hybridized carbons (Fsp3) is 0.452. The number of ketones is 3. The topological polar surface area (TPSA) is 257 Å². The monoisotopic (exact) mass is 643 g/mol. The Kier molecular flexibility index (Phi) is 9.01. The van der Waals surface area contributed by atoms with Crippen molar-refractivity contribution >= 4 is 29.2 Å². The van der Waals surface area contributed by atoms with E-state index in [2.05, 4.69) is 5.32 Å². The van der Waals surface area contributed by atoms with Gasteiger partial charge in [-0.15, -0.1) is 0 Å². The van der Waals surface area contributed by atoms with Gasteiger partial charge in [0, 0.05) is 47.9 Å². The molecular formula is C31H33NO14. The summed E-state index contributed by atoms with van der Waals surface area (Å²) in [6.07, 6.45) is -7.28. The highest BCUT2D eigenvalue weighted by molar-refractivity contribution is 6.31. The molecule has 0 aromatic heterocycles.